The van der Waals surface area contributed by atoms with Gasteiger partial charge in [-0.1, -0.05) is 32.9 Å². The topological polar surface area (TPSA) is 46.2 Å². The minimum Gasteiger partial charge on any atom is -0.314 e. The van der Waals surface area contributed by atoms with Crippen LogP contribution in [0.1, 0.15) is 45.6 Å². The lowest BCUT2D eigenvalue weighted by Crippen LogP contribution is -2.31. The van der Waals surface area contributed by atoms with Crippen molar-refractivity contribution in [1.29, 1.82) is 0 Å². The van der Waals surface area contributed by atoms with Crippen molar-refractivity contribution in [3.8, 4) is 0 Å². The fourth-order valence-electron chi connectivity index (χ4n) is 2.43. The van der Waals surface area contributed by atoms with Crippen LogP contribution in [-0.2, 0) is 9.84 Å². The van der Waals surface area contributed by atoms with Crippen molar-refractivity contribution in [3.05, 3.63) is 29.8 Å². The van der Waals surface area contributed by atoms with Crippen LogP contribution in [0.2, 0.25) is 0 Å². The normalized spacial score (nSPS) is 15.2. The zero-order valence-electron chi connectivity index (χ0n) is 12.3. The van der Waals surface area contributed by atoms with E-state index >= 15 is 0 Å². The molecule has 0 aliphatic heterocycles. The average molecular weight is 283 g/mol. The molecule has 3 nitrogen and oxygen atoms in total. The Kier molecular flexibility index (Phi) is 6.01. The van der Waals surface area contributed by atoms with Crippen LogP contribution in [0.3, 0.4) is 0 Å². The van der Waals surface area contributed by atoms with E-state index in [0.717, 1.165) is 13.0 Å². The molecule has 0 amide bonds. The smallest absolute Gasteiger partial charge is 0.178 e. The van der Waals surface area contributed by atoms with Gasteiger partial charge < -0.3 is 5.32 Å². The largest absolute Gasteiger partial charge is 0.314 e. The van der Waals surface area contributed by atoms with Crippen molar-refractivity contribution in [1.82, 2.24) is 5.32 Å². The number of sulfone groups is 1. The van der Waals surface area contributed by atoms with Crippen LogP contribution in [0.5, 0.6) is 0 Å². The number of hydrogen-bond acceptors (Lipinski definition) is 3. The van der Waals surface area contributed by atoms with E-state index in [9.17, 15) is 8.42 Å². The fourth-order valence-corrected chi connectivity index (χ4v) is 3.32. The van der Waals surface area contributed by atoms with Gasteiger partial charge in [0.2, 0.25) is 0 Å². The summed E-state index contributed by atoms with van der Waals surface area (Å²) in [6, 6.07) is 7.75. The van der Waals surface area contributed by atoms with Crippen molar-refractivity contribution in [2.24, 2.45) is 0 Å². The summed E-state index contributed by atoms with van der Waals surface area (Å²) in [4.78, 5) is 0.421. The van der Waals surface area contributed by atoms with Crippen molar-refractivity contribution >= 4 is 9.84 Å². The number of likely N-dealkylation sites (N-methyl/N-ethyl adjacent to an activating group) is 1. The summed E-state index contributed by atoms with van der Waals surface area (Å²) in [6.45, 7) is 9.05. The van der Waals surface area contributed by atoms with Gasteiger partial charge in [-0.3, -0.25) is 0 Å². The molecule has 1 aromatic rings. The number of benzene rings is 1. The third-order valence-electron chi connectivity index (χ3n) is 3.62. The minimum atomic E-state index is -3.09. The maximum atomic E-state index is 11.8. The second kappa shape index (κ2) is 7.06. The van der Waals surface area contributed by atoms with Gasteiger partial charge in [-0.05, 0) is 43.5 Å². The third kappa shape index (κ3) is 4.05. The lowest BCUT2D eigenvalue weighted by atomic mass is 9.90. The van der Waals surface area contributed by atoms with Crippen LogP contribution in [0.15, 0.2) is 29.2 Å². The van der Waals surface area contributed by atoms with Crippen LogP contribution >= 0.6 is 0 Å². The van der Waals surface area contributed by atoms with E-state index in [0.29, 0.717) is 16.9 Å². The summed E-state index contributed by atoms with van der Waals surface area (Å²) in [5.74, 6) is 0.565. The van der Waals surface area contributed by atoms with E-state index in [2.05, 4.69) is 26.1 Å². The molecule has 0 saturated heterocycles. The highest BCUT2D eigenvalue weighted by Gasteiger charge is 2.18. The van der Waals surface area contributed by atoms with Crippen molar-refractivity contribution in [2.75, 3.05) is 12.3 Å². The van der Waals surface area contributed by atoms with E-state index in [1.165, 1.54) is 5.56 Å². The second-order valence-corrected chi connectivity index (χ2v) is 7.11. The first-order chi connectivity index (χ1) is 8.96. The Hall–Kier alpha value is -0.870. The molecule has 0 fully saturated rings. The molecule has 108 valence electrons. The molecule has 2 atom stereocenters. The first-order valence-corrected chi connectivity index (χ1v) is 8.67. The second-order valence-electron chi connectivity index (χ2n) is 4.83. The molecule has 0 aliphatic carbocycles. The molecule has 0 aromatic heterocycles. The van der Waals surface area contributed by atoms with Gasteiger partial charge in [-0.2, -0.15) is 0 Å². The molecule has 19 heavy (non-hydrogen) atoms. The van der Waals surface area contributed by atoms with E-state index in [1.807, 2.05) is 12.1 Å². The van der Waals surface area contributed by atoms with E-state index < -0.39 is 9.84 Å². The Balaban J connectivity index is 2.97. The van der Waals surface area contributed by atoms with E-state index in [1.54, 1.807) is 19.1 Å². The molecule has 0 saturated carbocycles. The molecule has 2 unspecified atom stereocenters. The summed E-state index contributed by atoms with van der Waals surface area (Å²) in [5.41, 5.74) is 1.20. The maximum absolute atomic E-state index is 11.8. The molecule has 0 bridgehead atoms. The number of hydrogen-bond donors (Lipinski definition) is 1. The lowest BCUT2D eigenvalue weighted by Gasteiger charge is -2.24. The molecule has 0 spiro atoms. The highest BCUT2D eigenvalue weighted by atomic mass is 32.2. The van der Waals surface area contributed by atoms with E-state index in [4.69, 9.17) is 0 Å². The third-order valence-corrected chi connectivity index (χ3v) is 5.37. The number of nitrogens with one attached hydrogen (secondary N) is 1. The highest BCUT2D eigenvalue weighted by Crippen LogP contribution is 2.25. The molecular formula is C15H25NO2S. The molecule has 1 aromatic carbocycles. The van der Waals surface area contributed by atoms with Crippen LogP contribution in [0.25, 0.3) is 0 Å². The minimum absolute atomic E-state index is 0.150. The molecule has 1 rings (SSSR count). The summed E-state index contributed by atoms with van der Waals surface area (Å²) >= 11 is 0. The van der Waals surface area contributed by atoms with Gasteiger partial charge in [0.05, 0.1) is 10.6 Å². The Labute approximate surface area is 117 Å². The predicted octanol–water partition coefficient (Wildman–Crippen LogP) is 2.97. The summed E-state index contributed by atoms with van der Waals surface area (Å²) in [7, 11) is -3.09. The first kappa shape index (κ1) is 16.2. The highest BCUT2D eigenvalue weighted by molar-refractivity contribution is 7.91. The Morgan fingerprint density at radius 3 is 2.11 bits per heavy atom. The van der Waals surface area contributed by atoms with Gasteiger partial charge in [0, 0.05) is 6.04 Å². The monoisotopic (exact) mass is 283 g/mol. The Bertz CT molecular complexity index is 479. The molecule has 0 heterocycles. The summed E-state index contributed by atoms with van der Waals surface area (Å²) in [5, 5.41) is 3.43. The molecule has 1 N–H and O–H groups in total. The van der Waals surface area contributed by atoms with Crippen molar-refractivity contribution < 1.29 is 8.42 Å². The van der Waals surface area contributed by atoms with Gasteiger partial charge in [-0.15, -0.1) is 0 Å². The van der Waals surface area contributed by atoms with Gasteiger partial charge in [0.15, 0.2) is 9.84 Å². The molecular weight excluding hydrogens is 258 g/mol. The van der Waals surface area contributed by atoms with Gasteiger partial charge in [0.25, 0.3) is 0 Å². The van der Waals surface area contributed by atoms with Crippen LogP contribution in [-0.4, -0.2) is 26.8 Å². The van der Waals surface area contributed by atoms with Crippen LogP contribution < -0.4 is 5.32 Å². The van der Waals surface area contributed by atoms with Gasteiger partial charge >= 0.3 is 0 Å². The molecule has 0 aliphatic rings. The van der Waals surface area contributed by atoms with Crippen molar-refractivity contribution in [2.45, 2.75) is 51.0 Å². The lowest BCUT2D eigenvalue weighted by molar-refractivity contribution is 0.460. The summed E-state index contributed by atoms with van der Waals surface area (Å²) in [6.07, 6.45) is 1.04. The van der Waals surface area contributed by atoms with E-state index in [-0.39, 0.29) is 5.75 Å². The Morgan fingerprint density at radius 1 is 1.11 bits per heavy atom. The van der Waals surface area contributed by atoms with Gasteiger partial charge in [-0.25, -0.2) is 8.42 Å². The quantitative estimate of drug-likeness (QED) is 0.837. The van der Waals surface area contributed by atoms with Crippen LogP contribution in [0, 0.1) is 0 Å². The predicted molar refractivity (Wildman–Crippen MR) is 80.3 cm³/mol. The SMILES string of the molecule is CCNC(C)C(CC)c1ccc(S(=O)(=O)CC)cc1. The zero-order valence-corrected chi connectivity index (χ0v) is 13.1. The van der Waals surface area contributed by atoms with Crippen LogP contribution in [0.4, 0.5) is 0 Å². The number of rotatable bonds is 7. The average Bonchev–Trinajstić information content (AvgIpc) is 2.40. The first-order valence-electron chi connectivity index (χ1n) is 7.02. The van der Waals surface area contributed by atoms with Crippen molar-refractivity contribution in [3.63, 3.8) is 0 Å². The standard InChI is InChI=1S/C15H25NO2S/c1-5-15(12(4)16-6-2)13-8-10-14(11-9-13)19(17,18)7-3/h8-12,15-16H,5-7H2,1-4H3. The Morgan fingerprint density at radius 2 is 1.68 bits per heavy atom. The molecule has 0 radical (unpaired) electrons. The zero-order chi connectivity index (χ0) is 14.5. The maximum Gasteiger partial charge on any atom is 0.178 e. The molecule has 4 heteroatoms. The van der Waals surface area contributed by atoms with Gasteiger partial charge in [0.1, 0.15) is 0 Å². The summed E-state index contributed by atoms with van der Waals surface area (Å²) < 4.78 is 23.6. The fraction of sp³-hybridized carbons (Fsp3) is 0.600.